The number of Topliss-reactive ketones (excluding diaryl/α,β-unsaturated/α-hetero) is 2. The third-order valence-electron chi connectivity index (χ3n) is 9.87. The molecule has 11 heteroatoms. The molecule has 0 radical (unpaired) electrons. The van der Waals surface area contributed by atoms with Crippen molar-refractivity contribution in [1.29, 1.82) is 0 Å². The third kappa shape index (κ3) is 8.98. The Labute approximate surface area is 285 Å². The van der Waals surface area contributed by atoms with Gasteiger partial charge in [-0.25, -0.2) is 4.79 Å². The topological polar surface area (TPSA) is 138 Å². The second kappa shape index (κ2) is 16.2. The summed E-state index contributed by atoms with van der Waals surface area (Å²) in [5.41, 5.74) is -2.25. The Morgan fingerprint density at radius 2 is 1.69 bits per heavy atom. The van der Waals surface area contributed by atoms with Crippen LogP contribution >= 0.6 is 0 Å². The second-order valence-corrected chi connectivity index (χ2v) is 14.2. The maximum absolute atomic E-state index is 14.1. The molecule has 3 rings (SSSR count). The lowest BCUT2D eigenvalue weighted by Gasteiger charge is -2.47. The minimum absolute atomic E-state index is 0.127. The van der Waals surface area contributed by atoms with Gasteiger partial charge in [0.2, 0.25) is 0 Å². The minimum atomic E-state index is -1.65. The molecular formula is C37H55NO10. The molecule has 0 saturated carbocycles. The smallest absolute Gasteiger partial charge is 0.338 e. The number of nitrogens with zero attached hydrogens (tertiary/aromatic N) is 1. The van der Waals surface area contributed by atoms with Crippen molar-refractivity contribution in [3.63, 3.8) is 0 Å². The van der Waals surface area contributed by atoms with Crippen LogP contribution in [0.1, 0.15) is 85.0 Å². The van der Waals surface area contributed by atoms with Gasteiger partial charge in [0.1, 0.15) is 17.6 Å². The summed E-state index contributed by atoms with van der Waals surface area (Å²) in [7, 11) is 5.24. The summed E-state index contributed by atoms with van der Waals surface area (Å²) in [5.74, 6) is -4.87. The van der Waals surface area contributed by atoms with Gasteiger partial charge in [0, 0.05) is 18.9 Å². The second-order valence-electron chi connectivity index (χ2n) is 14.2. The zero-order valence-corrected chi connectivity index (χ0v) is 30.4. The molecule has 0 bridgehead atoms. The molecule has 1 aromatic rings. The van der Waals surface area contributed by atoms with Crippen LogP contribution in [0.25, 0.3) is 0 Å². The van der Waals surface area contributed by atoms with Crippen LogP contribution in [0.3, 0.4) is 0 Å². The maximum atomic E-state index is 14.1. The van der Waals surface area contributed by atoms with Crippen molar-refractivity contribution in [3.05, 3.63) is 47.5 Å². The lowest BCUT2D eigenvalue weighted by Crippen LogP contribution is -2.60. The Morgan fingerprint density at radius 1 is 1.06 bits per heavy atom. The average Bonchev–Trinajstić information content (AvgIpc) is 3.04. The first-order chi connectivity index (χ1) is 22.4. The molecule has 0 unspecified atom stereocenters. The lowest BCUT2D eigenvalue weighted by molar-refractivity contribution is -0.294. The standard InChI is InChI=1S/C37H55NO10/c1-12-28-36(7,43)19-21(2)29(39)22(3)20-37(8,44-11)32(24(5)30(40)25(6)33(41)46-28)48-35-31(27(38(9)10)18-23(4)45-35)47-34(42)26-16-14-13-15-17-26/h13-17,19,22-25,27-28,31-32,35,43H,12,18,20H2,1-11H3/t22-,23-,24+,25-,27+,28-,31-,32-,35+,36+,37-/m1/s1. The van der Waals surface area contributed by atoms with Crippen LogP contribution < -0.4 is 0 Å². The van der Waals surface area contributed by atoms with Gasteiger partial charge < -0.3 is 33.7 Å². The molecule has 0 amide bonds. The fourth-order valence-corrected chi connectivity index (χ4v) is 6.99. The summed E-state index contributed by atoms with van der Waals surface area (Å²) in [4.78, 5) is 56.5. The first-order valence-corrected chi connectivity index (χ1v) is 16.9. The van der Waals surface area contributed by atoms with Gasteiger partial charge in [0.25, 0.3) is 0 Å². The van der Waals surface area contributed by atoms with Crippen LogP contribution in [0.2, 0.25) is 0 Å². The van der Waals surface area contributed by atoms with E-state index < -0.39 is 71.3 Å². The summed E-state index contributed by atoms with van der Waals surface area (Å²) in [5, 5.41) is 11.3. The molecule has 11 atom stereocenters. The predicted octanol–water partition coefficient (Wildman–Crippen LogP) is 4.54. The highest BCUT2D eigenvalue weighted by atomic mass is 16.7. The average molecular weight is 674 g/mol. The fourth-order valence-electron chi connectivity index (χ4n) is 6.99. The predicted molar refractivity (Wildman–Crippen MR) is 179 cm³/mol. The molecule has 2 heterocycles. The van der Waals surface area contributed by atoms with Crippen molar-refractivity contribution >= 4 is 23.5 Å². The van der Waals surface area contributed by atoms with Crippen molar-refractivity contribution in [2.45, 2.75) is 123 Å². The van der Waals surface area contributed by atoms with Gasteiger partial charge in [-0.1, -0.05) is 39.0 Å². The van der Waals surface area contributed by atoms with Crippen LogP contribution in [-0.4, -0.2) is 103 Å². The number of ether oxygens (including phenoxy) is 5. The summed E-state index contributed by atoms with van der Waals surface area (Å²) in [6, 6.07) is 8.31. The van der Waals surface area contributed by atoms with E-state index in [-0.39, 0.29) is 30.8 Å². The molecule has 1 saturated heterocycles. The van der Waals surface area contributed by atoms with Crippen molar-refractivity contribution < 1.29 is 48.0 Å². The Morgan fingerprint density at radius 3 is 2.25 bits per heavy atom. The zero-order valence-electron chi connectivity index (χ0n) is 30.4. The van der Waals surface area contributed by atoms with Crippen LogP contribution in [0.15, 0.2) is 42.0 Å². The quantitative estimate of drug-likeness (QED) is 0.323. The molecule has 0 aliphatic carbocycles. The van der Waals surface area contributed by atoms with Gasteiger partial charge >= 0.3 is 11.9 Å². The SMILES string of the molecule is CC[C@H]1OC(=O)[C@H](C)C(=O)[C@H](C)[C@@H](O[C@@H]2O[C@H](C)C[C@H](N(C)C)[C@H]2OC(=O)c2ccccc2)[C@](C)(OC)C[C@@H](C)C(=O)C(C)=C[C@]1(C)O. The number of methoxy groups -OCH3 is 1. The first kappa shape index (κ1) is 39.5. The van der Waals surface area contributed by atoms with E-state index in [1.165, 1.54) is 27.0 Å². The molecule has 48 heavy (non-hydrogen) atoms. The van der Waals surface area contributed by atoms with Crippen molar-refractivity contribution in [1.82, 2.24) is 4.90 Å². The number of likely N-dealkylation sites (N-methyl/N-ethyl adjacent to an activating group) is 1. The lowest BCUT2D eigenvalue weighted by atomic mass is 9.77. The van der Waals surface area contributed by atoms with E-state index in [4.69, 9.17) is 23.7 Å². The number of benzene rings is 1. The molecule has 1 aromatic carbocycles. The van der Waals surface area contributed by atoms with E-state index in [0.717, 1.165) is 0 Å². The third-order valence-corrected chi connectivity index (χ3v) is 9.87. The number of cyclic esters (lactones) is 1. The number of carbonyl (C=O) groups excluding carboxylic acids is 4. The van der Waals surface area contributed by atoms with Gasteiger partial charge in [0.05, 0.1) is 29.4 Å². The van der Waals surface area contributed by atoms with Crippen molar-refractivity contribution in [2.75, 3.05) is 21.2 Å². The number of carbonyl (C=O) groups is 4. The van der Waals surface area contributed by atoms with E-state index in [1.54, 1.807) is 65.0 Å². The van der Waals surface area contributed by atoms with E-state index in [2.05, 4.69) is 0 Å². The first-order valence-electron chi connectivity index (χ1n) is 16.9. The van der Waals surface area contributed by atoms with Gasteiger partial charge in [-0.3, -0.25) is 14.4 Å². The molecular weight excluding hydrogens is 618 g/mol. The van der Waals surface area contributed by atoms with Gasteiger partial charge in [0.15, 0.2) is 24.0 Å². The molecule has 1 N–H and O–H groups in total. The molecule has 2 aliphatic heterocycles. The molecule has 2 aliphatic rings. The molecule has 11 nitrogen and oxygen atoms in total. The molecule has 0 aromatic heterocycles. The van der Waals surface area contributed by atoms with E-state index in [1.807, 2.05) is 25.9 Å². The monoisotopic (exact) mass is 673 g/mol. The number of aliphatic hydroxyl groups is 1. The van der Waals surface area contributed by atoms with E-state index >= 15 is 0 Å². The van der Waals surface area contributed by atoms with Gasteiger partial charge in [-0.15, -0.1) is 0 Å². The Balaban J connectivity index is 2.12. The Bertz CT molecular complexity index is 1330. The summed E-state index contributed by atoms with van der Waals surface area (Å²) < 4.78 is 31.0. The van der Waals surface area contributed by atoms with E-state index in [0.29, 0.717) is 17.6 Å². The number of allylic oxidation sites excluding steroid dienone is 1. The number of hydrogen-bond acceptors (Lipinski definition) is 11. The number of hydrogen-bond donors (Lipinski definition) is 1. The number of ketones is 2. The van der Waals surface area contributed by atoms with Crippen molar-refractivity contribution in [3.8, 4) is 0 Å². The zero-order chi connectivity index (χ0) is 36.1. The van der Waals surface area contributed by atoms with Gasteiger partial charge in [-0.2, -0.15) is 0 Å². The highest BCUT2D eigenvalue weighted by Gasteiger charge is 2.51. The van der Waals surface area contributed by atoms with Crippen LogP contribution in [0.5, 0.6) is 0 Å². The number of esters is 2. The normalized spacial score (nSPS) is 37.4. The highest BCUT2D eigenvalue weighted by molar-refractivity contribution is 6.00. The van der Waals surface area contributed by atoms with Crippen LogP contribution in [0, 0.1) is 17.8 Å². The van der Waals surface area contributed by atoms with Crippen molar-refractivity contribution in [2.24, 2.45) is 17.8 Å². The minimum Gasteiger partial charge on any atom is -0.458 e. The van der Waals surface area contributed by atoms with Gasteiger partial charge in [-0.05, 0) is 91.8 Å². The largest absolute Gasteiger partial charge is 0.458 e. The van der Waals surface area contributed by atoms with Crippen LogP contribution in [0.4, 0.5) is 0 Å². The van der Waals surface area contributed by atoms with E-state index in [9.17, 15) is 24.3 Å². The fraction of sp³-hybridized carbons (Fsp3) is 0.676. The molecule has 0 spiro atoms. The molecule has 1 fully saturated rings. The number of rotatable bonds is 7. The summed E-state index contributed by atoms with van der Waals surface area (Å²) in [6.45, 7) is 13.4. The Hall–Kier alpha value is -2.96. The summed E-state index contributed by atoms with van der Waals surface area (Å²) >= 11 is 0. The molecule has 268 valence electrons. The summed E-state index contributed by atoms with van der Waals surface area (Å²) in [6.07, 6.45) is -2.04. The van der Waals surface area contributed by atoms with Crippen LogP contribution in [-0.2, 0) is 38.1 Å². The highest BCUT2D eigenvalue weighted by Crippen LogP contribution is 2.38. The Kier molecular flexibility index (Phi) is 13.3. The maximum Gasteiger partial charge on any atom is 0.338 e.